The average Bonchev–Trinajstić information content (AvgIpc) is 2.99. The third-order valence-electron chi connectivity index (χ3n) is 4.20. The number of amides is 1. The predicted molar refractivity (Wildman–Crippen MR) is 78.6 cm³/mol. The Bertz CT molecular complexity index is 600. The van der Waals surface area contributed by atoms with Gasteiger partial charge < -0.3 is 14.7 Å². The van der Waals surface area contributed by atoms with Crippen molar-refractivity contribution in [2.24, 2.45) is 11.8 Å². The van der Waals surface area contributed by atoms with E-state index in [9.17, 15) is 22.8 Å². The molecule has 1 N–H and O–H groups in total. The first-order valence-electron chi connectivity index (χ1n) is 7.42. The minimum Gasteiger partial charge on any atom is -0.497 e. The molecule has 1 saturated heterocycles. The molecule has 0 unspecified atom stereocenters. The minimum atomic E-state index is -4.63. The maximum Gasteiger partial charge on any atom is 0.394 e. The molecule has 1 aromatic carbocycles. The number of alkyl halides is 3. The van der Waals surface area contributed by atoms with Crippen molar-refractivity contribution < 1.29 is 32.6 Å². The molecule has 2 atom stereocenters. The van der Waals surface area contributed by atoms with E-state index in [2.05, 4.69) is 0 Å². The van der Waals surface area contributed by atoms with Gasteiger partial charge in [-0.1, -0.05) is 12.1 Å². The molecule has 0 saturated carbocycles. The summed E-state index contributed by atoms with van der Waals surface area (Å²) in [4.78, 5) is 24.1. The molecule has 0 spiro atoms. The molecule has 1 aliphatic rings. The van der Waals surface area contributed by atoms with E-state index in [-0.39, 0.29) is 6.42 Å². The van der Waals surface area contributed by atoms with Crippen LogP contribution in [0.25, 0.3) is 0 Å². The molecule has 1 aliphatic heterocycles. The second-order valence-corrected chi connectivity index (χ2v) is 5.74. The maximum absolute atomic E-state index is 12.9. The van der Waals surface area contributed by atoms with Crippen LogP contribution >= 0.6 is 0 Å². The number of carbonyl (C=O) groups excluding carboxylic acids is 1. The fraction of sp³-hybridized carbons (Fsp3) is 0.500. The fourth-order valence-electron chi connectivity index (χ4n) is 2.79. The first-order chi connectivity index (χ1) is 11.2. The van der Waals surface area contributed by atoms with E-state index in [0.29, 0.717) is 12.2 Å². The largest absolute Gasteiger partial charge is 0.497 e. The van der Waals surface area contributed by atoms with Gasteiger partial charge in [-0.2, -0.15) is 13.2 Å². The summed E-state index contributed by atoms with van der Waals surface area (Å²) in [5.41, 5.74) is 0.852. The number of ether oxygens (including phenoxy) is 1. The lowest BCUT2D eigenvalue weighted by molar-refractivity contribution is -0.188. The molecule has 0 bridgehead atoms. The minimum absolute atomic E-state index is 0.0310. The Hall–Kier alpha value is -2.25. The molecule has 0 aliphatic carbocycles. The molecular weight excluding hydrogens is 327 g/mol. The molecule has 1 heterocycles. The van der Waals surface area contributed by atoms with Crippen molar-refractivity contribution in [2.45, 2.75) is 19.0 Å². The van der Waals surface area contributed by atoms with Crippen molar-refractivity contribution in [3.8, 4) is 5.75 Å². The molecule has 5 nitrogen and oxygen atoms in total. The summed E-state index contributed by atoms with van der Waals surface area (Å²) in [6, 6.07) is 7.01. The number of rotatable bonds is 5. The summed E-state index contributed by atoms with van der Waals surface area (Å²) in [6.07, 6.45) is -4.23. The lowest BCUT2D eigenvalue weighted by Gasteiger charge is -2.18. The number of carbonyl (C=O) groups is 2. The molecule has 1 fully saturated rings. The van der Waals surface area contributed by atoms with Gasteiger partial charge in [0.05, 0.1) is 18.9 Å². The van der Waals surface area contributed by atoms with Gasteiger partial charge >= 0.3 is 12.1 Å². The highest BCUT2D eigenvalue weighted by Crippen LogP contribution is 2.37. The number of likely N-dealkylation sites (tertiary alicyclic amines) is 1. The zero-order chi connectivity index (χ0) is 17.9. The van der Waals surface area contributed by atoms with Crippen LogP contribution in [0.2, 0.25) is 0 Å². The van der Waals surface area contributed by atoms with Gasteiger partial charge in [-0.25, -0.2) is 0 Å². The number of halogens is 3. The Morgan fingerprint density at radius 1 is 1.25 bits per heavy atom. The molecule has 1 aromatic rings. The molecule has 132 valence electrons. The SMILES string of the molecule is COc1ccc(CCC(=O)N2C[C@@H](C(F)(F)F)[C@H](C(=O)O)C2)cc1. The van der Waals surface area contributed by atoms with Crippen LogP contribution in [0.4, 0.5) is 13.2 Å². The second-order valence-electron chi connectivity index (χ2n) is 5.74. The van der Waals surface area contributed by atoms with Crippen LogP contribution in [-0.4, -0.2) is 48.3 Å². The molecule has 0 aromatic heterocycles. The number of aryl methyl sites for hydroxylation is 1. The van der Waals surface area contributed by atoms with Crippen LogP contribution in [-0.2, 0) is 16.0 Å². The van der Waals surface area contributed by atoms with E-state index in [1.807, 2.05) is 0 Å². The fourth-order valence-corrected chi connectivity index (χ4v) is 2.79. The predicted octanol–water partition coefficient (Wildman–Crippen LogP) is 2.35. The summed E-state index contributed by atoms with van der Waals surface area (Å²) in [5.74, 6) is -4.94. The van der Waals surface area contributed by atoms with Gasteiger partial charge in [0.1, 0.15) is 5.75 Å². The summed E-state index contributed by atoms with van der Waals surface area (Å²) < 4.78 is 43.8. The normalized spacial score (nSPS) is 20.9. The van der Waals surface area contributed by atoms with Crippen LogP contribution in [0.3, 0.4) is 0 Å². The lowest BCUT2D eigenvalue weighted by atomic mass is 9.96. The van der Waals surface area contributed by atoms with E-state index < -0.39 is 43.0 Å². The highest BCUT2D eigenvalue weighted by atomic mass is 19.4. The Morgan fingerprint density at radius 3 is 2.33 bits per heavy atom. The molecule has 0 radical (unpaired) electrons. The summed E-state index contributed by atoms with van der Waals surface area (Å²) in [7, 11) is 1.53. The number of carboxylic acid groups (broad SMARTS) is 1. The highest BCUT2D eigenvalue weighted by Gasteiger charge is 2.53. The number of benzene rings is 1. The van der Waals surface area contributed by atoms with Gasteiger partial charge in [-0.3, -0.25) is 9.59 Å². The van der Waals surface area contributed by atoms with Crippen molar-refractivity contribution in [1.82, 2.24) is 4.90 Å². The lowest BCUT2D eigenvalue weighted by Crippen LogP contribution is -2.34. The van der Waals surface area contributed by atoms with Crippen LogP contribution in [0.1, 0.15) is 12.0 Å². The van der Waals surface area contributed by atoms with Crippen molar-refractivity contribution >= 4 is 11.9 Å². The second kappa shape index (κ2) is 7.11. The number of methoxy groups -OCH3 is 1. The van der Waals surface area contributed by atoms with E-state index >= 15 is 0 Å². The Morgan fingerprint density at radius 2 is 1.88 bits per heavy atom. The maximum atomic E-state index is 12.9. The zero-order valence-electron chi connectivity index (χ0n) is 13.0. The van der Waals surface area contributed by atoms with E-state index in [0.717, 1.165) is 10.5 Å². The van der Waals surface area contributed by atoms with Gasteiger partial charge in [0, 0.05) is 19.5 Å². The van der Waals surface area contributed by atoms with Crippen LogP contribution < -0.4 is 4.74 Å². The number of aliphatic carboxylic acids is 1. The standard InChI is InChI=1S/C16H18F3NO4/c1-24-11-5-2-10(3-6-11)4-7-14(21)20-8-12(15(22)23)13(9-20)16(17,18)19/h2-3,5-6,12-13H,4,7-9H2,1H3,(H,22,23)/t12-,13-/m1/s1. The number of hydrogen-bond acceptors (Lipinski definition) is 3. The smallest absolute Gasteiger partial charge is 0.394 e. The monoisotopic (exact) mass is 345 g/mol. The number of carboxylic acids is 1. The van der Waals surface area contributed by atoms with Crippen LogP contribution in [0, 0.1) is 11.8 Å². The van der Waals surface area contributed by atoms with Gasteiger partial charge in [0.25, 0.3) is 0 Å². The Balaban J connectivity index is 1.96. The topological polar surface area (TPSA) is 66.8 Å². The molecular formula is C16H18F3NO4. The van der Waals surface area contributed by atoms with Crippen LogP contribution in [0.5, 0.6) is 5.75 Å². The van der Waals surface area contributed by atoms with Crippen LogP contribution in [0.15, 0.2) is 24.3 Å². The van der Waals surface area contributed by atoms with E-state index in [4.69, 9.17) is 9.84 Å². The van der Waals surface area contributed by atoms with E-state index in [1.54, 1.807) is 24.3 Å². The van der Waals surface area contributed by atoms with Crippen molar-refractivity contribution in [3.63, 3.8) is 0 Å². The Labute approximate surface area is 137 Å². The van der Waals surface area contributed by atoms with Crippen molar-refractivity contribution in [2.75, 3.05) is 20.2 Å². The third-order valence-corrected chi connectivity index (χ3v) is 4.20. The van der Waals surface area contributed by atoms with Gasteiger partial charge in [-0.15, -0.1) is 0 Å². The first-order valence-corrected chi connectivity index (χ1v) is 7.42. The zero-order valence-corrected chi connectivity index (χ0v) is 13.0. The number of hydrogen-bond donors (Lipinski definition) is 1. The summed E-state index contributed by atoms with van der Waals surface area (Å²) >= 11 is 0. The summed E-state index contributed by atoms with van der Waals surface area (Å²) in [6.45, 7) is -0.997. The van der Waals surface area contributed by atoms with Gasteiger partial charge in [-0.05, 0) is 24.1 Å². The third kappa shape index (κ3) is 4.18. The molecule has 8 heteroatoms. The highest BCUT2D eigenvalue weighted by molar-refractivity contribution is 5.79. The van der Waals surface area contributed by atoms with E-state index in [1.165, 1.54) is 7.11 Å². The van der Waals surface area contributed by atoms with Gasteiger partial charge in [0.2, 0.25) is 5.91 Å². The quantitative estimate of drug-likeness (QED) is 0.890. The number of nitrogens with zero attached hydrogens (tertiary/aromatic N) is 1. The Kier molecular flexibility index (Phi) is 5.36. The molecule has 1 amide bonds. The average molecular weight is 345 g/mol. The van der Waals surface area contributed by atoms with Crippen molar-refractivity contribution in [1.29, 1.82) is 0 Å². The molecule has 24 heavy (non-hydrogen) atoms. The first kappa shape index (κ1) is 18.1. The van der Waals surface area contributed by atoms with Crippen molar-refractivity contribution in [3.05, 3.63) is 29.8 Å². The molecule has 2 rings (SSSR count). The summed E-state index contributed by atoms with van der Waals surface area (Å²) in [5, 5.41) is 8.95. The van der Waals surface area contributed by atoms with Gasteiger partial charge in [0.15, 0.2) is 0 Å².